The first kappa shape index (κ1) is 20.2. The van der Waals surface area contributed by atoms with Gasteiger partial charge in [-0.05, 0) is 24.3 Å². The van der Waals surface area contributed by atoms with Crippen molar-refractivity contribution in [3.63, 3.8) is 0 Å². The van der Waals surface area contributed by atoms with Crippen molar-refractivity contribution < 1.29 is 14.3 Å². The van der Waals surface area contributed by atoms with Gasteiger partial charge in [-0.3, -0.25) is 4.79 Å². The number of nitrogens with zero attached hydrogens (tertiary/aromatic N) is 3. The zero-order valence-electron chi connectivity index (χ0n) is 16.6. The van der Waals surface area contributed by atoms with E-state index in [9.17, 15) is 4.79 Å². The number of methoxy groups -OCH3 is 1. The first-order valence-electron chi connectivity index (χ1n) is 9.36. The van der Waals surface area contributed by atoms with Crippen molar-refractivity contribution in [1.82, 2.24) is 14.5 Å². The molecule has 0 saturated heterocycles. The summed E-state index contributed by atoms with van der Waals surface area (Å²) in [6, 6.07) is 15.1. The normalized spacial score (nSPS) is 10.5. The smallest absolute Gasteiger partial charge is 0.243 e. The Morgan fingerprint density at radius 1 is 1.10 bits per heavy atom. The van der Waals surface area contributed by atoms with Crippen LogP contribution in [0.3, 0.4) is 0 Å². The topological polar surface area (TPSA) is 56.6 Å². The number of imidazole rings is 1. The van der Waals surface area contributed by atoms with E-state index in [0.717, 1.165) is 16.8 Å². The van der Waals surface area contributed by atoms with Gasteiger partial charge in [0.25, 0.3) is 0 Å². The number of carbonyl (C=O) groups is 1. The molecule has 0 N–H and O–H groups in total. The Kier molecular flexibility index (Phi) is 6.68. The number of rotatable bonds is 10. The molecule has 0 unspecified atom stereocenters. The highest BCUT2D eigenvalue weighted by Crippen LogP contribution is 2.22. The van der Waals surface area contributed by atoms with E-state index in [4.69, 9.17) is 9.47 Å². The highest BCUT2D eigenvalue weighted by molar-refractivity contribution is 5.81. The lowest BCUT2D eigenvalue weighted by Crippen LogP contribution is -2.34. The fourth-order valence-electron chi connectivity index (χ4n) is 3.08. The highest BCUT2D eigenvalue weighted by Gasteiger charge is 2.17. The van der Waals surface area contributed by atoms with Gasteiger partial charge in [0.2, 0.25) is 5.91 Å². The molecule has 29 heavy (non-hydrogen) atoms. The van der Waals surface area contributed by atoms with Gasteiger partial charge in [-0.2, -0.15) is 0 Å². The molecule has 1 aromatic heterocycles. The maximum atomic E-state index is 12.9. The number of hydrogen-bond donors (Lipinski definition) is 0. The molecule has 1 heterocycles. The molecule has 0 spiro atoms. The van der Waals surface area contributed by atoms with Crippen molar-refractivity contribution in [2.24, 2.45) is 0 Å². The summed E-state index contributed by atoms with van der Waals surface area (Å²) in [6.45, 7) is 8.79. The zero-order chi connectivity index (χ0) is 20.6. The second kappa shape index (κ2) is 9.59. The second-order valence-electron chi connectivity index (χ2n) is 6.45. The average Bonchev–Trinajstić information content (AvgIpc) is 3.09. The van der Waals surface area contributed by atoms with Crippen molar-refractivity contribution in [2.45, 2.75) is 13.2 Å². The van der Waals surface area contributed by atoms with Gasteiger partial charge < -0.3 is 18.9 Å². The van der Waals surface area contributed by atoms with E-state index in [1.807, 2.05) is 53.1 Å². The van der Waals surface area contributed by atoms with Crippen LogP contribution in [0.2, 0.25) is 0 Å². The Morgan fingerprint density at radius 2 is 1.83 bits per heavy atom. The predicted molar refractivity (Wildman–Crippen MR) is 114 cm³/mol. The number of para-hydroxylation sites is 2. The third-order valence-corrected chi connectivity index (χ3v) is 4.49. The van der Waals surface area contributed by atoms with Gasteiger partial charge in [0, 0.05) is 19.2 Å². The number of amides is 1. The molecular formula is C23H25N3O3. The van der Waals surface area contributed by atoms with Gasteiger partial charge in [0.15, 0.2) is 0 Å². The Morgan fingerprint density at radius 3 is 2.55 bits per heavy atom. The molecule has 0 radical (unpaired) electrons. The first-order chi connectivity index (χ1) is 14.2. The van der Waals surface area contributed by atoms with Gasteiger partial charge >= 0.3 is 0 Å². The second-order valence-corrected chi connectivity index (χ2v) is 6.45. The van der Waals surface area contributed by atoms with Crippen LogP contribution in [-0.2, 0) is 17.9 Å². The van der Waals surface area contributed by atoms with Gasteiger partial charge in [0.05, 0.1) is 18.1 Å². The molecule has 3 rings (SSSR count). The van der Waals surface area contributed by atoms with Gasteiger partial charge in [0.1, 0.15) is 30.5 Å². The minimum Gasteiger partial charge on any atom is -0.497 e. The molecule has 6 nitrogen and oxygen atoms in total. The SMILES string of the molecule is C=CCN(CC=C)C(=O)Cn1c(COc2cccc(OC)c2)nc2ccccc21. The molecule has 0 aliphatic rings. The van der Waals surface area contributed by atoms with Crippen LogP contribution in [0.5, 0.6) is 11.5 Å². The fourth-order valence-corrected chi connectivity index (χ4v) is 3.08. The Bertz CT molecular complexity index is 1000. The maximum Gasteiger partial charge on any atom is 0.243 e. The summed E-state index contributed by atoms with van der Waals surface area (Å²) in [6.07, 6.45) is 3.42. The van der Waals surface area contributed by atoms with E-state index >= 15 is 0 Å². The number of carbonyl (C=O) groups excluding carboxylic acids is 1. The van der Waals surface area contributed by atoms with E-state index in [1.165, 1.54) is 0 Å². The van der Waals surface area contributed by atoms with Gasteiger partial charge in [-0.15, -0.1) is 13.2 Å². The summed E-state index contributed by atoms with van der Waals surface area (Å²) in [5.41, 5.74) is 1.71. The highest BCUT2D eigenvalue weighted by atomic mass is 16.5. The maximum absolute atomic E-state index is 12.9. The van der Waals surface area contributed by atoms with E-state index < -0.39 is 0 Å². The van der Waals surface area contributed by atoms with Crippen LogP contribution in [0.4, 0.5) is 0 Å². The summed E-state index contributed by atoms with van der Waals surface area (Å²) in [5, 5.41) is 0. The average molecular weight is 391 g/mol. The zero-order valence-corrected chi connectivity index (χ0v) is 16.6. The van der Waals surface area contributed by atoms with Crippen LogP contribution >= 0.6 is 0 Å². The minimum atomic E-state index is -0.0319. The van der Waals surface area contributed by atoms with Crippen molar-refractivity contribution in [3.05, 3.63) is 79.7 Å². The van der Waals surface area contributed by atoms with E-state index in [2.05, 4.69) is 18.1 Å². The molecule has 0 bridgehead atoms. The molecule has 1 amide bonds. The van der Waals surface area contributed by atoms with Crippen LogP contribution in [0.25, 0.3) is 11.0 Å². The van der Waals surface area contributed by atoms with Crippen molar-refractivity contribution in [1.29, 1.82) is 0 Å². The molecule has 0 fully saturated rings. The molecule has 0 atom stereocenters. The van der Waals surface area contributed by atoms with Crippen LogP contribution in [0, 0.1) is 0 Å². The van der Waals surface area contributed by atoms with Crippen LogP contribution < -0.4 is 9.47 Å². The predicted octanol–water partition coefficient (Wildman–Crippen LogP) is 3.82. The molecule has 6 heteroatoms. The number of hydrogen-bond acceptors (Lipinski definition) is 4. The van der Waals surface area contributed by atoms with E-state index in [-0.39, 0.29) is 19.1 Å². The van der Waals surface area contributed by atoms with Gasteiger partial charge in [-0.1, -0.05) is 30.4 Å². The van der Waals surface area contributed by atoms with Crippen LogP contribution in [0.1, 0.15) is 5.82 Å². The van der Waals surface area contributed by atoms with Gasteiger partial charge in [-0.25, -0.2) is 4.98 Å². The molecule has 3 aromatic rings. The lowest BCUT2D eigenvalue weighted by Gasteiger charge is -2.20. The molecular weight excluding hydrogens is 366 g/mol. The number of aromatic nitrogens is 2. The molecule has 0 aliphatic heterocycles. The summed E-state index contributed by atoms with van der Waals surface area (Å²) < 4.78 is 13.1. The third kappa shape index (κ3) is 4.85. The van der Waals surface area contributed by atoms with Crippen molar-refractivity contribution >= 4 is 16.9 Å². The quantitative estimate of drug-likeness (QED) is 0.493. The lowest BCUT2D eigenvalue weighted by atomic mass is 10.3. The third-order valence-electron chi connectivity index (χ3n) is 4.49. The Hall–Kier alpha value is -3.54. The summed E-state index contributed by atoms with van der Waals surface area (Å²) >= 11 is 0. The molecule has 0 saturated carbocycles. The minimum absolute atomic E-state index is 0.0319. The Balaban J connectivity index is 1.86. The summed E-state index contributed by atoms with van der Waals surface area (Å²) in [4.78, 5) is 19.2. The molecule has 2 aromatic carbocycles. The molecule has 0 aliphatic carbocycles. The monoisotopic (exact) mass is 391 g/mol. The van der Waals surface area contributed by atoms with Crippen LogP contribution in [0.15, 0.2) is 73.8 Å². The number of fused-ring (bicyclic) bond motifs is 1. The first-order valence-corrected chi connectivity index (χ1v) is 9.36. The summed E-state index contributed by atoms with van der Waals surface area (Å²) in [5.74, 6) is 2.04. The largest absolute Gasteiger partial charge is 0.497 e. The Labute approximate surface area is 170 Å². The van der Waals surface area contributed by atoms with Crippen molar-refractivity contribution in [2.75, 3.05) is 20.2 Å². The van der Waals surface area contributed by atoms with E-state index in [1.54, 1.807) is 24.2 Å². The molecule has 150 valence electrons. The van der Waals surface area contributed by atoms with E-state index in [0.29, 0.717) is 24.7 Å². The summed E-state index contributed by atoms with van der Waals surface area (Å²) in [7, 11) is 1.61. The fraction of sp³-hybridized carbons (Fsp3) is 0.217. The van der Waals surface area contributed by atoms with Crippen LogP contribution in [-0.4, -0.2) is 40.6 Å². The number of ether oxygens (including phenoxy) is 2. The number of benzene rings is 2. The lowest BCUT2D eigenvalue weighted by molar-refractivity contribution is -0.130. The standard InChI is InChI=1S/C23H25N3O3/c1-4-13-25(14-5-2)23(27)16-26-21-12-7-6-11-20(21)24-22(26)17-29-19-10-8-9-18(15-19)28-3/h4-12,15H,1-2,13-14,16-17H2,3H3. The van der Waals surface area contributed by atoms with Crippen molar-refractivity contribution in [3.8, 4) is 11.5 Å².